The molecule has 1 fully saturated rings. The molecule has 0 aliphatic heterocycles. The molecular weight excluding hydrogens is 259 g/mol. The Bertz CT molecular complexity index is 483. The van der Waals surface area contributed by atoms with Crippen LogP contribution < -0.4 is 16.2 Å². The SMILES string of the molecule is NC(=O)c1c(F)cccc1OCC1(N)CCCCCC1. The Morgan fingerprint density at radius 2 is 1.90 bits per heavy atom. The fourth-order valence-corrected chi connectivity index (χ4v) is 2.66. The second-order valence-electron chi connectivity index (χ2n) is 5.54. The van der Waals surface area contributed by atoms with Crippen LogP contribution in [0.5, 0.6) is 5.75 Å². The summed E-state index contributed by atoms with van der Waals surface area (Å²) in [6, 6.07) is 4.23. The molecule has 0 unspecified atom stereocenters. The van der Waals surface area contributed by atoms with E-state index in [4.69, 9.17) is 16.2 Å². The first-order chi connectivity index (χ1) is 9.52. The lowest BCUT2D eigenvalue weighted by atomic mass is 9.92. The van der Waals surface area contributed by atoms with Crippen molar-refractivity contribution in [3.05, 3.63) is 29.6 Å². The molecule has 0 saturated heterocycles. The van der Waals surface area contributed by atoms with Crippen LogP contribution in [0.2, 0.25) is 0 Å². The molecule has 1 saturated carbocycles. The lowest BCUT2D eigenvalue weighted by molar-refractivity contribution is 0.0989. The van der Waals surface area contributed by atoms with Gasteiger partial charge in [-0.2, -0.15) is 0 Å². The number of amides is 1. The zero-order valence-electron chi connectivity index (χ0n) is 11.5. The number of primary amides is 1. The zero-order chi connectivity index (χ0) is 14.6. The second kappa shape index (κ2) is 6.22. The molecule has 0 spiro atoms. The highest BCUT2D eigenvalue weighted by molar-refractivity contribution is 5.95. The maximum atomic E-state index is 13.6. The number of ether oxygens (including phenoxy) is 1. The maximum absolute atomic E-state index is 13.6. The highest BCUT2D eigenvalue weighted by Gasteiger charge is 2.28. The second-order valence-corrected chi connectivity index (χ2v) is 5.54. The van der Waals surface area contributed by atoms with Crippen molar-refractivity contribution in [1.82, 2.24) is 0 Å². The fraction of sp³-hybridized carbons (Fsp3) is 0.533. The van der Waals surface area contributed by atoms with Crippen molar-refractivity contribution in [2.75, 3.05) is 6.61 Å². The van der Waals surface area contributed by atoms with E-state index in [0.717, 1.165) is 25.7 Å². The zero-order valence-corrected chi connectivity index (χ0v) is 11.5. The molecule has 2 rings (SSSR count). The van der Waals surface area contributed by atoms with Crippen LogP contribution in [0.4, 0.5) is 4.39 Å². The molecule has 110 valence electrons. The van der Waals surface area contributed by atoms with Crippen LogP contribution >= 0.6 is 0 Å². The molecule has 0 bridgehead atoms. The normalized spacial score (nSPS) is 18.3. The van der Waals surface area contributed by atoms with Crippen LogP contribution in [-0.2, 0) is 0 Å². The first kappa shape index (κ1) is 14.8. The van der Waals surface area contributed by atoms with Gasteiger partial charge >= 0.3 is 0 Å². The van der Waals surface area contributed by atoms with Crippen LogP contribution in [0.1, 0.15) is 48.9 Å². The summed E-state index contributed by atoms with van der Waals surface area (Å²) in [5, 5.41) is 0. The topological polar surface area (TPSA) is 78.3 Å². The van der Waals surface area contributed by atoms with E-state index < -0.39 is 17.3 Å². The molecule has 4 nitrogen and oxygen atoms in total. The Kier molecular flexibility index (Phi) is 4.60. The van der Waals surface area contributed by atoms with E-state index >= 15 is 0 Å². The molecule has 1 aromatic rings. The smallest absolute Gasteiger partial charge is 0.255 e. The predicted octanol–water partition coefficient (Wildman–Crippen LogP) is 2.36. The summed E-state index contributed by atoms with van der Waals surface area (Å²) in [7, 11) is 0. The molecule has 1 aromatic carbocycles. The lowest BCUT2D eigenvalue weighted by Crippen LogP contribution is -2.45. The third-order valence-corrected chi connectivity index (χ3v) is 3.84. The third kappa shape index (κ3) is 3.48. The maximum Gasteiger partial charge on any atom is 0.255 e. The number of hydrogen-bond acceptors (Lipinski definition) is 3. The van der Waals surface area contributed by atoms with E-state index in [1.807, 2.05) is 0 Å². The van der Waals surface area contributed by atoms with Crippen LogP contribution in [0.25, 0.3) is 0 Å². The fourth-order valence-electron chi connectivity index (χ4n) is 2.66. The van der Waals surface area contributed by atoms with Gasteiger partial charge in [-0.05, 0) is 25.0 Å². The highest BCUT2D eigenvalue weighted by Crippen LogP contribution is 2.27. The van der Waals surface area contributed by atoms with Crippen molar-refractivity contribution < 1.29 is 13.9 Å². The van der Waals surface area contributed by atoms with Gasteiger partial charge in [0.25, 0.3) is 5.91 Å². The van der Waals surface area contributed by atoms with Gasteiger partial charge in [0, 0.05) is 0 Å². The van der Waals surface area contributed by atoms with Crippen molar-refractivity contribution in [2.24, 2.45) is 11.5 Å². The molecule has 1 aliphatic carbocycles. The van der Waals surface area contributed by atoms with Gasteiger partial charge in [0.2, 0.25) is 0 Å². The summed E-state index contributed by atoms with van der Waals surface area (Å²) >= 11 is 0. The van der Waals surface area contributed by atoms with Crippen LogP contribution in [0.15, 0.2) is 18.2 Å². The predicted molar refractivity (Wildman–Crippen MR) is 75.0 cm³/mol. The number of carbonyl (C=O) groups excluding carboxylic acids is 1. The Morgan fingerprint density at radius 1 is 1.25 bits per heavy atom. The molecule has 1 aliphatic rings. The van der Waals surface area contributed by atoms with Gasteiger partial charge < -0.3 is 16.2 Å². The first-order valence-electron chi connectivity index (χ1n) is 7.02. The molecule has 4 N–H and O–H groups in total. The van der Waals surface area contributed by atoms with E-state index in [1.165, 1.54) is 25.0 Å². The van der Waals surface area contributed by atoms with Gasteiger partial charge in [0.1, 0.15) is 23.7 Å². The Hall–Kier alpha value is -1.62. The van der Waals surface area contributed by atoms with E-state index in [2.05, 4.69) is 0 Å². The summed E-state index contributed by atoms with van der Waals surface area (Å²) in [6.45, 7) is 0.275. The van der Waals surface area contributed by atoms with Gasteiger partial charge in [-0.3, -0.25) is 4.79 Å². The summed E-state index contributed by atoms with van der Waals surface area (Å²) < 4.78 is 19.2. The average Bonchev–Trinajstić information content (AvgIpc) is 2.61. The molecule has 20 heavy (non-hydrogen) atoms. The number of hydrogen-bond donors (Lipinski definition) is 2. The summed E-state index contributed by atoms with van der Waals surface area (Å²) in [5.74, 6) is -1.32. The van der Waals surface area contributed by atoms with Gasteiger partial charge in [-0.25, -0.2) is 4.39 Å². The minimum atomic E-state index is -0.829. The molecule has 0 radical (unpaired) electrons. The summed E-state index contributed by atoms with van der Waals surface area (Å²) in [5.41, 5.74) is 10.9. The minimum Gasteiger partial charge on any atom is -0.491 e. The van der Waals surface area contributed by atoms with Crippen molar-refractivity contribution in [3.8, 4) is 5.75 Å². The standard InChI is InChI=1S/C15H21FN2O2/c16-11-6-5-7-12(13(11)14(17)19)20-10-15(18)8-3-1-2-4-9-15/h5-7H,1-4,8-10,18H2,(H2,17,19). The van der Waals surface area contributed by atoms with Crippen molar-refractivity contribution >= 4 is 5.91 Å². The van der Waals surface area contributed by atoms with E-state index in [-0.39, 0.29) is 17.9 Å². The summed E-state index contributed by atoms with van der Waals surface area (Å²) in [4.78, 5) is 11.3. The Balaban J connectivity index is 2.10. The van der Waals surface area contributed by atoms with Crippen LogP contribution in [-0.4, -0.2) is 18.1 Å². The van der Waals surface area contributed by atoms with E-state index in [9.17, 15) is 9.18 Å². The molecule has 0 atom stereocenters. The lowest BCUT2D eigenvalue weighted by Gasteiger charge is -2.28. The number of halogens is 1. The Morgan fingerprint density at radius 3 is 2.50 bits per heavy atom. The molecule has 0 aromatic heterocycles. The van der Waals surface area contributed by atoms with Crippen LogP contribution in [0.3, 0.4) is 0 Å². The first-order valence-corrected chi connectivity index (χ1v) is 7.02. The van der Waals surface area contributed by atoms with Crippen molar-refractivity contribution in [2.45, 2.75) is 44.1 Å². The number of nitrogens with two attached hydrogens (primary N) is 2. The number of rotatable bonds is 4. The molecular formula is C15H21FN2O2. The number of carbonyl (C=O) groups is 1. The van der Waals surface area contributed by atoms with E-state index in [0.29, 0.717) is 0 Å². The molecule has 5 heteroatoms. The van der Waals surface area contributed by atoms with Gasteiger partial charge in [-0.15, -0.1) is 0 Å². The van der Waals surface area contributed by atoms with Crippen molar-refractivity contribution in [1.29, 1.82) is 0 Å². The molecule has 1 amide bonds. The third-order valence-electron chi connectivity index (χ3n) is 3.84. The van der Waals surface area contributed by atoms with Crippen LogP contribution in [0, 0.1) is 5.82 Å². The molecule has 0 heterocycles. The van der Waals surface area contributed by atoms with Gasteiger partial charge in [0.05, 0.1) is 5.54 Å². The summed E-state index contributed by atoms with van der Waals surface area (Å²) in [6.07, 6.45) is 6.29. The largest absolute Gasteiger partial charge is 0.491 e. The highest BCUT2D eigenvalue weighted by atomic mass is 19.1. The average molecular weight is 280 g/mol. The monoisotopic (exact) mass is 280 g/mol. The van der Waals surface area contributed by atoms with E-state index in [1.54, 1.807) is 6.07 Å². The minimum absolute atomic E-state index is 0.173. The quantitative estimate of drug-likeness (QED) is 0.831. The number of benzene rings is 1. The van der Waals surface area contributed by atoms with Gasteiger partial charge in [-0.1, -0.05) is 31.7 Å². The van der Waals surface area contributed by atoms with Gasteiger partial charge in [0.15, 0.2) is 0 Å². The van der Waals surface area contributed by atoms with Crippen molar-refractivity contribution in [3.63, 3.8) is 0 Å². The Labute approximate surface area is 118 Å².